The van der Waals surface area contributed by atoms with Crippen molar-refractivity contribution in [3.8, 4) is 0 Å². The molecule has 19 heavy (non-hydrogen) atoms. The zero-order chi connectivity index (χ0) is 13.1. The molecule has 2 heterocycles. The molecule has 0 amide bonds. The normalized spacial score (nSPS) is 19.7. The average Bonchev–Trinajstić information content (AvgIpc) is 3.02. The van der Waals surface area contributed by atoms with Crippen molar-refractivity contribution >= 4 is 5.82 Å². The van der Waals surface area contributed by atoms with Crippen LogP contribution >= 0.6 is 0 Å². The van der Waals surface area contributed by atoms with Gasteiger partial charge in [0.1, 0.15) is 5.82 Å². The first-order chi connectivity index (χ1) is 9.31. The zero-order valence-electron chi connectivity index (χ0n) is 11.2. The van der Waals surface area contributed by atoms with Crippen LogP contribution in [0.5, 0.6) is 0 Å². The van der Waals surface area contributed by atoms with Crippen LogP contribution in [0.4, 0.5) is 5.82 Å². The summed E-state index contributed by atoms with van der Waals surface area (Å²) in [6.45, 7) is 3.24. The van der Waals surface area contributed by atoms with Crippen LogP contribution in [0.15, 0.2) is 36.5 Å². The highest BCUT2D eigenvalue weighted by Crippen LogP contribution is 2.16. The SMILES string of the molecule is Cn1nncc1NC1CCN(Cc2ccccc2)C1. The van der Waals surface area contributed by atoms with E-state index in [9.17, 15) is 0 Å². The molecule has 100 valence electrons. The Bertz CT molecular complexity index is 522. The van der Waals surface area contributed by atoms with Gasteiger partial charge in [-0.3, -0.25) is 4.90 Å². The molecule has 1 N–H and O–H groups in total. The molecule has 5 nitrogen and oxygen atoms in total. The lowest BCUT2D eigenvalue weighted by atomic mass is 10.2. The van der Waals surface area contributed by atoms with Crippen LogP contribution in [0.2, 0.25) is 0 Å². The van der Waals surface area contributed by atoms with Gasteiger partial charge in [-0.15, -0.1) is 5.10 Å². The molecule has 0 saturated carbocycles. The second kappa shape index (κ2) is 5.40. The predicted molar refractivity (Wildman–Crippen MR) is 74.7 cm³/mol. The monoisotopic (exact) mass is 257 g/mol. The van der Waals surface area contributed by atoms with E-state index in [-0.39, 0.29) is 0 Å². The van der Waals surface area contributed by atoms with Gasteiger partial charge in [0.15, 0.2) is 0 Å². The summed E-state index contributed by atoms with van der Waals surface area (Å²) < 4.78 is 1.78. The standard InChI is InChI=1S/C14H19N5/c1-18-14(9-15-17-18)16-13-7-8-19(11-13)10-12-5-3-2-4-6-12/h2-6,9,13,16H,7-8,10-11H2,1H3. The van der Waals surface area contributed by atoms with Crippen LogP contribution in [-0.4, -0.2) is 39.0 Å². The summed E-state index contributed by atoms with van der Waals surface area (Å²) in [4.78, 5) is 2.48. The highest BCUT2D eigenvalue weighted by Gasteiger charge is 2.22. The number of anilines is 1. The van der Waals surface area contributed by atoms with Gasteiger partial charge < -0.3 is 5.32 Å². The number of likely N-dealkylation sites (tertiary alicyclic amines) is 1. The first-order valence-electron chi connectivity index (χ1n) is 6.69. The van der Waals surface area contributed by atoms with Gasteiger partial charge in [-0.25, -0.2) is 4.68 Å². The molecule has 2 aromatic rings. The van der Waals surface area contributed by atoms with Crippen molar-refractivity contribution < 1.29 is 0 Å². The maximum atomic E-state index is 3.94. The summed E-state index contributed by atoms with van der Waals surface area (Å²) in [5.41, 5.74) is 1.38. The molecule has 0 radical (unpaired) electrons. The van der Waals surface area contributed by atoms with E-state index < -0.39 is 0 Å². The molecule has 0 spiro atoms. The van der Waals surface area contributed by atoms with E-state index in [4.69, 9.17) is 0 Å². The lowest BCUT2D eigenvalue weighted by molar-refractivity contribution is 0.328. The Morgan fingerprint density at radius 2 is 2.16 bits per heavy atom. The quantitative estimate of drug-likeness (QED) is 0.901. The van der Waals surface area contributed by atoms with Gasteiger partial charge in [-0.05, 0) is 12.0 Å². The zero-order valence-corrected chi connectivity index (χ0v) is 11.2. The van der Waals surface area contributed by atoms with Gasteiger partial charge in [0, 0.05) is 32.7 Å². The molecule has 1 aliphatic heterocycles. The molecule has 1 atom stereocenters. The fourth-order valence-electron chi connectivity index (χ4n) is 2.57. The van der Waals surface area contributed by atoms with Crippen molar-refractivity contribution in [2.75, 3.05) is 18.4 Å². The molecule has 1 unspecified atom stereocenters. The first-order valence-corrected chi connectivity index (χ1v) is 6.69. The van der Waals surface area contributed by atoms with E-state index in [2.05, 4.69) is 50.9 Å². The number of hydrogen-bond acceptors (Lipinski definition) is 4. The van der Waals surface area contributed by atoms with Crippen molar-refractivity contribution in [3.05, 3.63) is 42.1 Å². The lowest BCUT2D eigenvalue weighted by Crippen LogP contribution is -2.26. The molecule has 0 bridgehead atoms. The van der Waals surface area contributed by atoms with E-state index in [0.717, 1.165) is 31.9 Å². The molecule has 5 heteroatoms. The summed E-state index contributed by atoms with van der Waals surface area (Å²) >= 11 is 0. The van der Waals surface area contributed by atoms with Crippen LogP contribution in [0, 0.1) is 0 Å². The molecule has 1 saturated heterocycles. The predicted octanol–water partition coefficient (Wildman–Crippen LogP) is 1.50. The Hall–Kier alpha value is -1.88. The number of nitrogens with one attached hydrogen (secondary N) is 1. The van der Waals surface area contributed by atoms with Gasteiger partial charge in [0.25, 0.3) is 0 Å². The first kappa shape index (κ1) is 12.2. The highest BCUT2D eigenvalue weighted by molar-refractivity contribution is 5.32. The Morgan fingerprint density at radius 1 is 1.32 bits per heavy atom. The maximum absolute atomic E-state index is 3.94. The summed E-state index contributed by atoms with van der Waals surface area (Å²) in [5.74, 6) is 0.992. The Labute approximate surface area is 113 Å². The Balaban J connectivity index is 1.54. The van der Waals surface area contributed by atoms with Crippen molar-refractivity contribution in [1.82, 2.24) is 19.9 Å². The number of nitrogens with zero attached hydrogens (tertiary/aromatic N) is 4. The molecule has 1 aromatic heterocycles. The van der Waals surface area contributed by atoms with Gasteiger partial charge in [0.05, 0.1) is 6.20 Å². The summed E-state index contributed by atoms with van der Waals surface area (Å²) in [6, 6.07) is 11.1. The van der Waals surface area contributed by atoms with Gasteiger partial charge in [-0.2, -0.15) is 0 Å². The molecule has 1 aliphatic rings. The molecular formula is C14H19N5. The minimum Gasteiger partial charge on any atom is -0.365 e. The second-order valence-corrected chi connectivity index (χ2v) is 5.09. The fourth-order valence-corrected chi connectivity index (χ4v) is 2.57. The van der Waals surface area contributed by atoms with Gasteiger partial charge in [-0.1, -0.05) is 35.5 Å². The molecule has 1 aromatic carbocycles. The van der Waals surface area contributed by atoms with E-state index in [0.29, 0.717) is 6.04 Å². The topological polar surface area (TPSA) is 46.0 Å². The van der Waals surface area contributed by atoms with Crippen LogP contribution < -0.4 is 5.32 Å². The van der Waals surface area contributed by atoms with Gasteiger partial charge in [0.2, 0.25) is 0 Å². The summed E-state index contributed by atoms with van der Waals surface area (Å²) in [5, 5.41) is 11.3. The molecule has 3 rings (SSSR count). The highest BCUT2D eigenvalue weighted by atomic mass is 15.4. The van der Waals surface area contributed by atoms with E-state index in [1.54, 1.807) is 10.9 Å². The molecular weight excluding hydrogens is 238 g/mol. The van der Waals surface area contributed by atoms with Crippen molar-refractivity contribution in [3.63, 3.8) is 0 Å². The lowest BCUT2D eigenvalue weighted by Gasteiger charge is -2.17. The van der Waals surface area contributed by atoms with Crippen LogP contribution in [-0.2, 0) is 13.6 Å². The van der Waals surface area contributed by atoms with Crippen LogP contribution in [0.25, 0.3) is 0 Å². The number of benzene rings is 1. The number of hydrogen-bond donors (Lipinski definition) is 1. The number of rotatable bonds is 4. The Kier molecular flexibility index (Phi) is 3.46. The van der Waals surface area contributed by atoms with Crippen LogP contribution in [0.3, 0.4) is 0 Å². The van der Waals surface area contributed by atoms with Crippen molar-refractivity contribution in [2.45, 2.75) is 19.0 Å². The van der Waals surface area contributed by atoms with Gasteiger partial charge >= 0.3 is 0 Å². The third-order valence-corrected chi connectivity index (χ3v) is 3.59. The third-order valence-electron chi connectivity index (χ3n) is 3.59. The van der Waals surface area contributed by atoms with E-state index in [1.165, 1.54) is 5.56 Å². The van der Waals surface area contributed by atoms with Crippen molar-refractivity contribution in [2.24, 2.45) is 7.05 Å². The van der Waals surface area contributed by atoms with E-state index >= 15 is 0 Å². The smallest absolute Gasteiger partial charge is 0.144 e. The Morgan fingerprint density at radius 3 is 2.89 bits per heavy atom. The third kappa shape index (κ3) is 2.93. The maximum Gasteiger partial charge on any atom is 0.144 e. The second-order valence-electron chi connectivity index (χ2n) is 5.09. The number of aromatic nitrogens is 3. The largest absolute Gasteiger partial charge is 0.365 e. The van der Waals surface area contributed by atoms with E-state index in [1.807, 2.05) is 7.05 Å². The van der Waals surface area contributed by atoms with Crippen molar-refractivity contribution in [1.29, 1.82) is 0 Å². The van der Waals surface area contributed by atoms with Crippen LogP contribution in [0.1, 0.15) is 12.0 Å². The summed E-state index contributed by atoms with van der Waals surface area (Å²) in [6.07, 6.45) is 2.94. The fraction of sp³-hybridized carbons (Fsp3) is 0.429. The minimum absolute atomic E-state index is 0.487. The average molecular weight is 257 g/mol. The minimum atomic E-state index is 0.487. The summed E-state index contributed by atoms with van der Waals surface area (Å²) in [7, 11) is 1.91. The molecule has 1 fully saturated rings. The number of aryl methyl sites for hydroxylation is 1. The molecule has 0 aliphatic carbocycles.